The number of esters is 1. The summed E-state index contributed by atoms with van der Waals surface area (Å²) in [5.74, 6) is -0.0312. The molecule has 0 unspecified atom stereocenters. The molecule has 0 N–H and O–H groups in total. The highest BCUT2D eigenvalue weighted by Gasteiger charge is 2.29. The molecule has 6 nitrogen and oxygen atoms in total. The normalized spacial score (nSPS) is 14.2. The van der Waals surface area contributed by atoms with Crippen LogP contribution in [-0.4, -0.2) is 37.0 Å². The number of methoxy groups -OCH3 is 1. The van der Waals surface area contributed by atoms with Crippen LogP contribution in [0.1, 0.15) is 28.8 Å². The Kier molecular flexibility index (Phi) is 6.32. The van der Waals surface area contributed by atoms with Crippen LogP contribution in [0.2, 0.25) is 0 Å². The molecule has 28 heavy (non-hydrogen) atoms. The van der Waals surface area contributed by atoms with Gasteiger partial charge < -0.3 is 14.4 Å². The average molecular weight is 443 g/mol. The number of carbonyl (C=O) groups excluding carboxylic acids is 2. The van der Waals surface area contributed by atoms with E-state index in [0.717, 1.165) is 4.47 Å². The van der Waals surface area contributed by atoms with Crippen molar-refractivity contribution < 1.29 is 19.1 Å². The lowest BCUT2D eigenvalue weighted by Crippen LogP contribution is -2.41. The molecule has 0 radical (unpaired) electrons. The van der Waals surface area contributed by atoms with Gasteiger partial charge in [0.05, 0.1) is 24.7 Å². The lowest BCUT2D eigenvalue weighted by Gasteiger charge is -2.31. The Morgan fingerprint density at radius 2 is 1.79 bits per heavy atom. The van der Waals surface area contributed by atoms with Crippen LogP contribution in [0.4, 0.5) is 0 Å². The number of nitrogens with zero attached hydrogens (tertiary/aromatic N) is 2. The molecule has 2 aromatic rings. The number of piperidine rings is 1. The van der Waals surface area contributed by atoms with E-state index >= 15 is 0 Å². The third-order valence-electron chi connectivity index (χ3n) is 4.71. The zero-order chi connectivity index (χ0) is 20.1. The summed E-state index contributed by atoms with van der Waals surface area (Å²) in [6, 6.07) is 13.9. The summed E-state index contributed by atoms with van der Waals surface area (Å²) in [5.41, 5.74) is 1.06. The van der Waals surface area contributed by atoms with E-state index in [1.165, 1.54) is 13.2 Å². The number of rotatable bonds is 4. The van der Waals surface area contributed by atoms with Gasteiger partial charge in [-0.25, -0.2) is 0 Å². The lowest BCUT2D eigenvalue weighted by molar-refractivity contribution is -0.140. The summed E-state index contributed by atoms with van der Waals surface area (Å²) in [7, 11) is 1.46. The first kappa shape index (κ1) is 19.9. The maximum Gasteiger partial charge on any atom is 0.314 e. The fourth-order valence-electron chi connectivity index (χ4n) is 3.11. The minimum absolute atomic E-state index is 0.0342. The monoisotopic (exact) mass is 442 g/mol. The molecule has 0 saturated carbocycles. The van der Waals surface area contributed by atoms with Gasteiger partial charge in [-0.05, 0) is 49.2 Å². The van der Waals surface area contributed by atoms with E-state index in [1.807, 2.05) is 18.2 Å². The summed E-state index contributed by atoms with van der Waals surface area (Å²) in [5, 5.41) is 8.95. The van der Waals surface area contributed by atoms with Crippen LogP contribution < -0.4 is 9.47 Å². The summed E-state index contributed by atoms with van der Waals surface area (Å²) >= 11 is 3.36. The van der Waals surface area contributed by atoms with Crippen LogP contribution in [0.3, 0.4) is 0 Å². The van der Waals surface area contributed by atoms with E-state index in [1.54, 1.807) is 29.2 Å². The fourth-order valence-corrected chi connectivity index (χ4v) is 3.37. The third-order valence-corrected chi connectivity index (χ3v) is 5.24. The average Bonchev–Trinajstić information content (AvgIpc) is 2.74. The molecular formula is C21H19BrN2O4. The molecule has 3 rings (SSSR count). The summed E-state index contributed by atoms with van der Waals surface area (Å²) in [4.78, 5) is 26.9. The molecule has 0 bridgehead atoms. The largest absolute Gasteiger partial charge is 0.493 e. The highest BCUT2D eigenvalue weighted by molar-refractivity contribution is 9.10. The van der Waals surface area contributed by atoms with Gasteiger partial charge in [0.2, 0.25) is 0 Å². The predicted molar refractivity (Wildman–Crippen MR) is 106 cm³/mol. The first-order valence-electron chi connectivity index (χ1n) is 8.86. The van der Waals surface area contributed by atoms with Gasteiger partial charge in [-0.3, -0.25) is 9.59 Å². The van der Waals surface area contributed by atoms with Crippen molar-refractivity contribution in [3.8, 4) is 17.6 Å². The molecule has 0 aromatic heterocycles. The zero-order valence-electron chi connectivity index (χ0n) is 15.4. The van der Waals surface area contributed by atoms with Crippen molar-refractivity contribution in [3.63, 3.8) is 0 Å². The molecule has 0 spiro atoms. The van der Waals surface area contributed by atoms with Gasteiger partial charge in [-0.1, -0.05) is 15.9 Å². The van der Waals surface area contributed by atoms with E-state index in [2.05, 4.69) is 15.9 Å². The van der Waals surface area contributed by atoms with E-state index in [9.17, 15) is 9.59 Å². The highest BCUT2D eigenvalue weighted by Crippen LogP contribution is 2.30. The Bertz CT molecular complexity index is 913. The summed E-state index contributed by atoms with van der Waals surface area (Å²) < 4.78 is 11.6. The van der Waals surface area contributed by atoms with Gasteiger partial charge >= 0.3 is 5.97 Å². The van der Waals surface area contributed by atoms with Crippen LogP contribution >= 0.6 is 15.9 Å². The van der Waals surface area contributed by atoms with Gasteiger partial charge in [-0.15, -0.1) is 0 Å². The zero-order valence-corrected chi connectivity index (χ0v) is 16.9. The number of nitriles is 1. The van der Waals surface area contributed by atoms with Crippen LogP contribution in [0.5, 0.6) is 11.5 Å². The van der Waals surface area contributed by atoms with Crippen LogP contribution in [-0.2, 0) is 4.79 Å². The summed E-state index contributed by atoms with van der Waals surface area (Å²) in [6.45, 7) is 0.998. The van der Waals surface area contributed by atoms with Gasteiger partial charge in [0.25, 0.3) is 5.91 Å². The number of ether oxygens (including phenoxy) is 2. The lowest BCUT2D eigenvalue weighted by atomic mass is 9.96. The molecule has 1 aliphatic rings. The predicted octanol–water partition coefficient (Wildman–Crippen LogP) is 3.79. The number of carbonyl (C=O) groups is 2. The number of amides is 1. The molecular weight excluding hydrogens is 424 g/mol. The molecule has 1 fully saturated rings. The first-order valence-corrected chi connectivity index (χ1v) is 9.66. The van der Waals surface area contributed by atoms with Gasteiger partial charge in [0.15, 0.2) is 11.5 Å². The van der Waals surface area contributed by atoms with E-state index in [0.29, 0.717) is 48.6 Å². The van der Waals surface area contributed by atoms with Crippen molar-refractivity contribution >= 4 is 27.8 Å². The topological polar surface area (TPSA) is 79.6 Å². The highest BCUT2D eigenvalue weighted by atomic mass is 79.9. The third kappa shape index (κ3) is 4.52. The smallest absolute Gasteiger partial charge is 0.314 e. The SMILES string of the molecule is COc1cc(C#N)ccc1OC(=O)C1CCN(C(=O)c2ccc(Br)cc2)CC1. The van der Waals surface area contributed by atoms with Crippen molar-refractivity contribution in [2.75, 3.05) is 20.2 Å². The van der Waals surface area contributed by atoms with E-state index in [4.69, 9.17) is 14.7 Å². The van der Waals surface area contributed by atoms with E-state index < -0.39 is 0 Å². The minimum atomic E-state index is -0.348. The molecule has 7 heteroatoms. The second kappa shape index (κ2) is 8.89. The molecule has 0 aliphatic carbocycles. The van der Waals surface area contributed by atoms with Crippen LogP contribution in [0, 0.1) is 17.2 Å². The minimum Gasteiger partial charge on any atom is -0.493 e. The fraction of sp³-hybridized carbons (Fsp3) is 0.286. The maximum atomic E-state index is 12.6. The second-order valence-corrected chi connectivity index (χ2v) is 7.39. The van der Waals surface area contributed by atoms with Crippen molar-refractivity contribution in [2.24, 2.45) is 5.92 Å². The Labute approximate surface area is 171 Å². The van der Waals surface area contributed by atoms with Gasteiger partial charge in [-0.2, -0.15) is 5.26 Å². The molecule has 0 atom stereocenters. The van der Waals surface area contributed by atoms with Crippen molar-refractivity contribution in [2.45, 2.75) is 12.8 Å². The number of hydrogen-bond acceptors (Lipinski definition) is 5. The number of halogens is 1. The molecule has 1 saturated heterocycles. The van der Waals surface area contributed by atoms with E-state index in [-0.39, 0.29) is 17.8 Å². The molecule has 2 aromatic carbocycles. The number of hydrogen-bond donors (Lipinski definition) is 0. The van der Waals surface area contributed by atoms with Crippen molar-refractivity contribution in [1.82, 2.24) is 4.90 Å². The van der Waals surface area contributed by atoms with Gasteiger partial charge in [0.1, 0.15) is 0 Å². The maximum absolute atomic E-state index is 12.6. The molecule has 1 aliphatic heterocycles. The van der Waals surface area contributed by atoms with Gasteiger partial charge in [0, 0.05) is 29.2 Å². The molecule has 1 amide bonds. The standard InChI is InChI=1S/C21H19BrN2O4/c1-27-19-12-14(13-23)2-7-18(19)28-21(26)16-8-10-24(11-9-16)20(25)15-3-5-17(22)6-4-15/h2-7,12,16H,8-11H2,1H3. The first-order chi connectivity index (χ1) is 13.5. The van der Waals surface area contributed by atoms with Crippen molar-refractivity contribution in [3.05, 3.63) is 58.1 Å². The van der Waals surface area contributed by atoms with Crippen LogP contribution in [0.15, 0.2) is 46.9 Å². The molecule has 1 heterocycles. The number of benzene rings is 2. The molecule has 144 valence electrons. The Hall–Kier alpha value is -2.85. The Balaban J connectivity index is 1.59. The number of likely N-dealkylation sites (tertiary alicyclic amines) is 1. The quantitative estimate of drug-likeness (QED) is 0.531. The van der Waals surface area contributed by atoms with Crippen LogP contribution in [0.25, 0.3) is 0 Å². The van der Waals surface area contributed by atoms with Crippen molar-refractivity contribution in [1.29, 1.82) is 5.26 Å². The summed E-state index contributed by atoms with van der Waals surface area (Å²) in [6.07, 6.45) is 1.08. The Morgan fingerprint density at radius 1 is 1.11 bits per heavy atom. The second-order valence-electron chi connectivity index (χ2n) is 6.47. The Morgan fingerprint density at radius 3 is 2.39 bits per heavy atom.